The lowest BCUT2D eigenvalue weighted by atomic mass is 10.2. The van der Waals surface area contributed by atoms with Crippen LogP contribution < -0.4 is 5.32 Å². The molecular weight excluding hydrogens is 240 g/mol. The normalized spacial score (nSPS) is 16.6. The fourth-order valence-corrected chi connectivity index (χ4v) is 2.33. The summed E-state index contributed by atoms with van der Waals surface area (Å²) in [6.07, 6.45) is 4.42. The van der Waals surface area contributed by atoms with Crippen molar-refractivity contribution in [3.05, 3.63) is 23.7 Å². The van der Waals surface area contributed by atoms with Crippen LogP contribution in [0.15, 0.2) is 16.7 Å². The van der Waals surface area contributed by atoms with Gasteiger partial charge in [0.2, 0.25) is 0 Å². The summed E-state index contributed by atoms with van der Waals surface area (Å²) in [6, 6.07) is 2.51. The number of furan rings is 1. The highest BCUT2D eigenvalue weighted by molar-refractivity contribution is 5.16. The molecule has 0 radical (unpaired) electrons. The summed E-state index contributed by atoms with van der Waals surface area (Å²) in [6.45, 7) is 10.0. The predicted octanol–water partition coefficient (Wildman–Crippen LogP) is 2.39. The second-order valence-electron chi connectivity index (χ2n) is 5.51. The number of nitrogens with zero attached hydrogens (tertiary/aromatic N) is 1. The highest BCUT2D eigenvalue weighted by Gasteiger charge is 2.11. The second-order valence-corrected chi connectivity index (χ2v) is 5.51. The van der Waals surface area contributed by atoms with Crippen molar-refractivity contribution in [3.8, 4) is 0 Å². The molecule has 0 bridgehead atoms. The average molecular weight is 266 g/mol. The molecule has 0 unspecified atom stereocenters. The predicted molar refractivity (Wildman–Crippen MR) is 76.0 cm³/mol. The lowest BCUT2D eigenvalue weighted by Crippen LogP contribution is -2.24. The summed E-state index contributed by atoms with van der Waals surface area (Å²) in [4.78, 5) is 2.46. The summed E-state index contributed by atoms with van der Waals surface area (Å²) in [5, 5.41) is 3.40. The first kappa shape index (κ1) is 14.6. The van der Waals surface area contributed by atoms with Crippen molar-refractivity contribution in [2.45, 2.75) is 45.9 Å². The molecule has 0 saturated carbocycles. The van der Waals surface area contributed by atoms with Crippen LogP contribution >= 0.6 is 0 Å². The maximum absolute atomic E-state index is 5.72. The van der Waals surface area contributed by atoms with E-state index >= 15 is 0 Å². The van der Waals surface area contributed by atoms with Crippen LogP contribution in [0.2, 0.25) is 0 Å². The van der Waals surface area contributed by atoms with Gasteiger partial charge in [0, 0.05) is 24.7 Å². The molecule has 0 aliphatic carbocycles. The minimum atomic E-state index is 0.485. The molecule has 2 rings (SSSR count). The third-order valence-corrected chi connectivity index (χ3v) is 3.52. The summed E-state index contributed by atoms with van der Waals surface area (Å²) in [7, 11) is 0. The molecule has 2 heterocycles. The molecule has 1 aromatic rings. The number of rotatable bonds is 8. The number of hydrogen-bond acceptors (Lipinski definition) is 4. The van der Waals surface area contributed by atoms with Crippen LogP contribution in [0.5, 0.6) is 0 Å². The van der Waals surface area contributed by atoms with E-state index in [1.54, 1.807) is 6.26 Å². The molecular formula is C15H26N2O2. The Balaban J connectivity index is 1.65. The molecule has 108 valence electrons. The Morgan fingerprint density at radius 1 is 1.37 bits per heavy atom. The molecule has 1 N–H and O–H groups in total. The fourth-order valence-electron chi connectivity index (χ4n) is 2.33. The van der Waals surface area contributed by atoms with Crippen molar-refractivity contribution < 1.29 is 9.15 Å². The van der Waals surface area contributed by atoms with Gasteiger partial charge in [0.15, 0.2) is 0 Å². The van der Waals surface area contributed by atoms with Gasteiger partial charge in [-0.3, -0.25) is 0 Å². The maximum atomic E-state index is 5.72. The van der Waals surface area contributed by atoms with Crippen molar-refractivity contribution in [2.24, 2.45) is 0 Å². The van der Waals surface area contributed by atoms with E-state index in [0.717, 1.165) is 25.5 Å². The Labute approximate surface area is 116 Å². The van der Waals surface area contributed by atoms with Crippen LogP contribution in [0.3, 0.4) is 0 Å². The van der Waals surface area contributed by atoms with Gasteiger partial charge in [-0.25, -0.2) is 0 Å². The third kappa shape index (κ3) is 4.97. The van der Waals surface area contributed by atoms with Crippen molar-refractivity contribution >= 4 is 0 Å². The van der Waals surface area contributed by atoms with Crippen LogP contribution in [0.25, 0.3) is 0 Å². The van der Waals surface area contributed by atoms with E-state index in [2.05, 4.69) is 24.1 Å². The van der Waals surface area contributed by atoms with Gasteiger partial charge in [-0.2, -0.15) is 0 Å². The topological polar surface area (TPSA) is 37.6 Å². The molecule has 4 nitrogen and oxygen atoms in total. The van der Waals surface area contributed by atoms with E-state index in [1.165, 1.54) is 31.5 Å². The molecule has 1 aromatic heterocycles. The number of nitrogens with one attached hydrogen (secondary N) is 1. The first-order valence-corrected chi connectivity index (χ1v) is 7.34. The van der Waals surface area contributed by atoms with Gasteiger partial charge in [-0.05, 0) is 32.0 Å². The zero-order valence-corrected chi connectivity index (χ0v) is 12.2. The molecule has 1 aliphatic heterocycles. The number of likely N-dealkylation sites (tertiary alicyclic amines) is 1. The van der Waals surface area contributed by atoms with E-state index in [9.17, 15) is 0 Å². The Bertz CT molecular complexity index is 357. The summed E-state index contributed by atoms with van der Waals surface area (Å²) < 4.78 is 11.2. The molecule has 0 amide bonds. The third-order valence-electron chi connectivity index (χ3n) is 3.52. The Morgan fingerprint density at radius 2 is 2.16 bits per heavy atom. The van der Waals surface area contributed by atoms with E-state index in [1.807, 2.05) is 6.07 Å². The van der Waals surface area contributed by atoms with Gasteiger partial charge in [0.25, 0.3) is 0 Å². The van der Waals surface area contributed by atoms with E-state index < -0.39 is 0 Å². The van der Waals surface area contributed by atoms with E-state index in [-0.39, 0.29) is 0 Å². The minimum absolute atomic E-state index is 0.485. The zero-order valence-electron chi connectivity index (χ0n) is 12.2. The SMILES string of the molecule is CC(C)NCc1ccoc1COCCN1CCCC1. The fraction of sp³-hybridized carbons (Fsp3) is 0.733. The zero-order chi connectivity index (χ0) is 13.5. The van der Waals surface area contributed by atoms with Crippen molar-refractivity contribution in [1.82, 2.24) is 10.2 Å². The van der Waals surface area contributed by atoms with Crippen LogP contribution in [0.1, 0.15) is 38.0 Å². The standard InChI is InChI=1S/C15H26N2O2/c1-13(2)16-11-14-5-9-19-15(14)12-18-10-8-17-6-3-4-7-17/h5,9,13,16H,3-4,6-8,10-12H2,1-2H3. The maximum Gasteiger partial charge on any atom is 0.133 e. The molecule has 0 atom stereocenters. The number of hydrogen-bond donors (Lipinski definition) is 1. The molecule has 0 spiro atoms. The minimum Gasteiger partial charge on any atom is -0.467 e. The van der Waals surface area contributed by atoms with Gasteiger partial charge >= 0.3 is 0 Å². The molecule has 1 aliphatic rings. The Hall–Kier alpha value is -0.840. The summed E-state index contributed by atoms with van der Waals surface area (Å²) >= 11 is 0. The molecule has 19 heavy (non-hydrogen) atoms. The highest BCUT2D eigenvalue weighted by Crippen LogP contribution is 2.12. The van der Waals surface area contributed by atoms with Gasteiger partial charge < -0.3 is 19.4 Å². The van der Waals surface area contributed by atoms with Crippen molar-refractivity contribution in [2.75, 3.05) is 26.2 Å². The van der Waals surface area contributed by atoms with Gasteiger partial charge in [-0.15, -0.1) is 0 Å². The molecule has 1 saturated heterocycles. The second kappa shape index (κ2) is 7.68. The lowest BCUT2D eigenvalue weighted by molar-refractivity contribution is 0.0867. The summed E-state index contributed by atoms with van der Waals surface area (Å²) in [5.41, 5.74) is 1.20. The number of ether oxygens (including phenoxy) is 1. The van der Waals surface area contributed by atoms with Gasteiger partial charge in [-0.1, -0.05) is 13.8 Å². The lowest BCUT2D eigenvalue weighted by Gasteiger charge is -2.14. The van der Waals surface area contributed by atoms with Crippen molar-refractivity contribution in [1.29, 1.82) is 0 Å². The molecule has 0 aromatic carbocycles. The van der Waals surface area contributed by atoms with Crippen molar-refractivity contribution in [3.63, 3.8) is 0 Å². The summed E-state index contributed by atoms with van der Waals surface area (Å²) in [5.74, 6) is 0.953. The highest BCUT2D eigenvalue weighted by atomic mass is 16.5. The largest absolute Gasteiger partial charge is 0.467 e. The van der Waals surface area contributed by atoms with Gasteiger partial charge in [0.05, 0.1) is 12.9 Å². The monoisotopic (exact) mass is 266 g/mol. The Morgan fingerprint density at radius 3 is 2.89 bits per heavy atom. The van der Waals surface area contributed by atoms with E-state index in [4.69, 9.17) is 9.15 Å². The van der Waals surface area contributed by atoms with Crippen LogP contribution in [-0.2, 0) is 17.9 Å². The first-order chi connectivity index (χ1) is 9.25. The van der Waals surface area contributed by atoms with Crippen LogP contribution in [0, 0.1) is 0 Å². The van der Waals surface area contributed by atoms with Crippen LogP contribution in [-0.4, -0.2) is 37.2 Å². The first-order valence-electron chi connectivity index (χ1n) is 7.34. The van der Waals surface area contributed by atoms with Gasteiger partial charge in [0.1, 0.15) is 12.4 Å². The molecule has 4 heteroatoms. The Kier molecular flexibility index (Phi) is 5.89. The average Bonchev–Trinajstić information content (AvgIpc) is 3.03. The van der Waals surface area contributed by atoms with Crippen LogP contribution in [0.4, 0.5) is 0 Å². The smallest absolute Gasteiger partial charge is 0.133 e. The molecule has 1 fully saturated rings. The van der Waals surface area contributed by atoms with E-state index in [0.29, 0.717) is 12.6 Å². The quantitative estimate of drug-likeness (QED) is 0.733.